The predicted octanol–water partition coefficient (Wildman–Crippen LogP) is 7.46. The topological polar surface area (TPSA) is 52.0 Å². The molecule has 0 aliphatic heterocycles. The van der Waals surface area contributed by atoms with Gasteiger partial charge in [0.2, 0.25) is 0 Å². The van der Waals surface area contributed by atoms with Crippen molar-refractivity contribution < 1.29 is 0 Å². The summed E-state index contributed by atoms with van der Waals surface area (Å²) in [5.74, 6) is 0.769. The molecule has 4 N–H and O–H groups in total. The average Bonchev–Trinajstić information content (AvgIpc) is 3.26. The van der Waals surface area contributed by atoms with E-state index >= 15 is 0 Å². The summed E-state index contributed by atoms with van der Waals surface area (Å²) < 4.78 is 0. The molecule has 0 aromatic heterocycles. The van der Waals surface area contributed by atoms with Gasteiger partial charge in [-0.15, -0.1) is 0 Å². The molecular weight excluding hydrogens is 503 g/mol. The third kappa shape index (κ3) is 4.99. The Labute approximate surface area is 238 Å². The first-order valence-electron chi connectivity index (χ1n) is 13.8. The zero-order valence-electron chi connectivity index (χ0n) is 22.7. The monoisotopic (exact) mass is 536 g/mol. The average molecular weight is 537 g/mol. The van der Waals surface area contributed by atoms with Gasteiger partial charge in [-0.1, -0.05) is 146 Å². The first kappa shape index (κ1) is 25.9. The molecule has 0 heterocycles. The molecule has 7 rings (SSSR count). The number of benzene rings is 5. The highest BCUT2D eigenvalue weighted by Gasteiger charge is 2.25. The van der Waals surface area contributed by atoms with Crippen molar-refractivity contribution in [2.24, 2.45) is 17.4 Å². The molecule has 0 radical (unpaired) electrons. The summed E-state index contributed by atoms with van der Waals surface area (Å²) in [5.41, 5.74) is 18.6. The van der Waals surface area contributed by atoms with Gasteiger partial charge in [0.1, 0.15) is 0 Å². The van der Waals surface area contributed by atoms with Crippen LogP contribution in [-0.4, -0.2) is 0 Å². The minimum absolute atomic E-state index is 0.684. The van der Waals surface area contributed by atoms with Crippen LogP contribution in [0.3, 0.4) is 0 Å². The summed E-state index contributed by atoms with van der Waals surface area (Å²) in [6, 6.07) is 41.1. The second-order valence-corrected chi connectivity index (χ2v) is 12.5. The molecule has 2 nitrogen and oxygen atoms in total. The van der Waals surface area contributed by atoms with Gasteiger partial charge >= 0.3 is 0 Å². The summed E-state index contributed by atoms with van der Waals surface area (Å²) in [6.45, 7) is 2.22. The summed E-state index contributed by atoms with van der Waals surface area (Å²) in [6.07, 6.45) is 9.84. The number of rotatable bonds is 4. The molecule has 2 aliphatic rings. The van der Waals surface area contributed by atoms with E-state index in [4.69, 9.17) is 11.5 Å². The van der Waals surface area contributed by atoms with Crippen LogP contribution in [0.2, 0.25) is 0 Å². The molecule has 5 aromatic carbocycles. The van der Waals surface area contributed by atoms with Crippen molar-refractivity contribution in [2.75, 3.05) is 0 Å². The quantitative estimate of drug-likeness (QED) is 0.234. The maximum Gasteiger partial charge on any atom is 0.0634 e. The second kappa shape index (κ2) is 11.4. The first-order chi connectivity index (χ1) is 19.6. The van der Waals surface area contributed by atoms with E-state index in [1.54, 1.807) is 0 Å². The molecule has 2 atom stereocenters. The van der Waals surface area contributed by atoms with Gasteiger partial charge in [-0.3, -0.25) is 0 Å². The van der Waals surface area contributed by atoms with Crippen molar-refractivity contribution in [3.63, 3.8) is 0 Å². The van der Waals surface area contributed by atoms with Gasteiger partial charge in [0, 0.05) is 16.5 Å². The lowest BCUT2D eigenvalue weighted by Gasteiger charge is -2.22. The second-order valence-electron chi connectivity index (χ2n) is 10.3. The third-order valence-electron chi connectivity index (χ3n) is 7.57. The van der Waals surface area contributed by atoms with Gasteiger partial charge < -0.3 is 11.5 Å². The Morgan fingerprint density at radius 1 is 0.600 bits per heavy atom. The van der Waals surface area contributed by atoms with E-state index < -0.39 is 7.92 Å². The van der Waals surface area contributed by atoms with E-state index in [2.05, 4.69) is 146 Å². The molecule has 0 saturated heterocycles. The number of allylic oxidation sites excluding steroid dienone is 4. The fraction of sp³-hybridized carbons (Fsp3) is 0.0811. The van der Waals surface area contributed by atoms with Gasteiger partial charge in [0.15, 0.2) is 0 Å². The zero-order valence-corrected chi connectivity index (χ0v) is 23.6. The Bertz CT molecular complexity index is 1710. The van der Waals surface area contributed by atoms with Crippen molar-refractivity contribution in [2.45, 2.75) is 13.3 Å². The van der Waals surface area contributed by atoms with Gasteiger partial charge in [0.25, 0.3) is 0 Å². The number of nitrogens with two attached hydrogens (primary N) is 2. The Hall–Kier alpha value is -4.39. The van der Waals surface area contributed by atoms with Crippen molar-refractivity contribution in [3.05, 3.63) is 151 Å². The summed E-state index contributed by atoms with van der Waals surface area (Å²) in [5, 5.41) is 6.38. The zero-order chi connectivity index (χ0) is 27.5. The Kier molecular flexibility index (Phi) is 7.36. The van der Waals surface area contributed by atoms with Crippen LogP contribution in [0.5, 0.6) is 0 Å². The van der Waals surface area contributed by atoms with Crippen LogP contribution in [0, 0.1) is 5.92 Å². The molecule has 2 unspecified atom stereocenters. The van der Waals surface area contributed by atoms with Crippen LogP contribution in [0.25, 0.3) is 33.3 Å². The Morgan fingerprint density at radius 2 is 1.23 bits per heavy atom. The van der Waals surface area contributed by atoms with E-state index in [0.717, 1.165) is 17.0 Å². The van der Waals surface area contributed by atoms with Crippen molar-refractivity contribution in [3.8, 4) is 11.1 Å². The van der Waals surface area contributed by atoms with E-state index in [9.17, 15) is 0 Å². The van der Waals surface area contributed by atoms with Gasteiger partial charge in [-0.25, -0.2) is 0 Å². The van der Waals surface area contributed by atoms with E-state index in [0.29, 0.717) is 11.4 Å². The molecule has 5 aromatic rings. The lowest BCUT2D eigenvalue weighted by molar-refractivity contribution is 0.737. The molecule has 0 saturated carbocycles. The molecule has 0 amide bonds. The first-order valence-corrected chi connectivity index (χ1v) is 15.1. The van der Waals surface area contributed by atoms with Crippen LogP contribution in [-0.2, 0) is 0 Å². The molecule has 196 valence electrons. The predicted molar refractivity (Wildman–Crippen MR) is 175 cm³/mol. The number of hydrogen-bond donors (Lipinski definition) is 2. The van der Waals surface area contributed by atoms with E-state index in [1.165, 1.54) is 44.2 Å². The lowest BCUT2D eigenvalue weighted by atomic mass is 10.0. The van der Waals surface area contributed by atoms with Crippen molar-refractivity contribution in [1.29, 1.82) is 0 Å². The van der Waals surface area contributed by atoms with E-state index in [-0.39, 0.29) is 0 Å². The minimum Gasteiger partial charge on any atom is -0.397 e. The Morgan fingerprint density at radius 3 is 1.85 bits per heavy atom. The van der Waals surface area contributed by atoms with Gasteiger partial charge in [-0.05, 0) is 52.7 Å². The summed E-state index contributed by atoms with van der Waals surface area (Å²) >= 11 is 0. The standard InChI is InChI=1S/C30H23N2P.C7H10/c31-29-25-13-7-12-24-27(19-18-26(28(24)25)30(29)32)33(22-10-5-2-6-11-22)23-16-14-21(15-17-23)20-8-3-1-4-9-20;1-7-5-3-2-4-6-7/h1-19H,31-32H2;2-5,7H,6H2,1H3. The Balaban J connectivity index is 0.000000363. The highest BCUT2D eigenvalue weighted by atomic mass is 31.1. The molecule has 3 heteroatoms. The normalized spacial score (nSPS) is 16.1. The molecule has 0 spiro atoms. The molecule has 0 bridgehead atoms. The SMILES string of the molecule is CC1C=CC=CC1.NC1=C(N)c2ccc(P(c3ccccc3)c3ccc(-c4ccccc4)cc3)c3cccc1c23. The van der Waals surface area contributed by atoms with Crippen molar-refractivity contribution >= 4 is 46.0 Å². The maximum atomic E-state index is 6.36. The van der Waals surface area contributed by atoms with Crippen LogP contribution in [0.4, 0.5) is 0 Å². The fourth-order valence-electron chi connectivity index (χ4n) is 5.47. The summed E-state index contributed by atoms with van der Waals surface area (Å²) in [7, 11) is -0.753. The van der Waals surface area contributed by atoms with Gasteiger partial charge in [-0.2, -0.15) is 0 Å². The largest absolute Gasteiger partial charge is 0.397 e. The lowest BCUT2D eigenvalue weighted by Crippen LogP contribution is -2.21. The van der Waals surface area contributed by atoms with Crippen LogP contribution >= 0.6 is 7.92 Å². The van der Waals surface area contributed by atoms with Crippen LogP contribution in [0.1, 0.15) is 24.5 Å². The molecular formula is C37H33N2P. The highest BCUT2D eigenvalue weighted by Crippen LogP contribution is 2.42. The number of hydrogen-bond acceptors (Lipinski definition) is 2. The molecule has 0 fully saturated rings. The minimum atomic E-state index is -0.753. The maximum absolute atomic E-state index is 6.36. The summed E-state index contributed by atoms with van der Waals surface area (Å²) in [4.78, 5) is 0. The smallest absolute Gasteiger partial charge is 0.0634 e. The highest BCUT2D eigenvalue weighted by molar-refractivity contribution is 7.80. The van der Waals surface area contributed by atoms with Crippen LogP contribution < -0.4 is 27.4 Å². The van der Waals surface area contributed by atoms with Gasteiger partial charge in [0.05, 0.1) is 11.4 Å². The van der Waals surface area contributed by atoms with E-state index in [1.807, 2.05) is 0 Å². The fourth-order valence-corrected chi connectivity index (χ4v) is 7.89. The molecule has 40 heavy (non-hydrogen) atoms. The van der Waals surface area contributed by atoms with Crippen molar-refractivity contribution in [1.82, 2.24) is 0 Å². The van der Waals surface area contributed by atoms with Crippen LogP contribution in [0.15, 0.2) is 140 Å². The molecule has 2 aliphatic carbocycles. The third-order valence-corrected chi connectivity index (χ3v) is 10.1.